The Balaban J connectivity index is 1.57. The fourth-order valence-electron chi connectivity index (χ4n) is 6.52. The number of carbonyl (C=O) groups excluding carboxylic acids is 2. The molecule has 0 aromatic heterocycles. The van der Waals surface area contributed by atoms with Crippen molar-refractivity contribution in [1.82, 2.24) is 0 Å². The molecule has 0 radical (unpaired) electrons. The van der Waals surface area contributed by atoms with Crippen LogP contribution in [0.2, 0.25) is 0 Å². The Hall–Kier alpha value is -1.14. The SMILES string of the molecule is C[NH+](C)CCOC(=O)CC12CC3CC(C1)CC(CC(=O)OCC[NH+](C)C)(C3)C2. The zero-order valence-electron chi connectivity index (χ0n) is 18.3. The van der Waals surface area contributed by atoms with Gasteiger partial charge in [-0.1, -0.05) is 0 Å². The second kappa shape index (κ2) is 8.70. The molecule has 4 saturated carbocycles. The van der Waals surface area contributed by atoms with Crippen molar-refractivity contribution in [3.05, 3.63) is 0 Å². The van der Waals surface area contributed by atoms with E-state index in [1.807, 2.05) is 0 Å². The lowest BCUT2D eigenvalue weighted by atomic mass is 9.43. The van der Waals surface area contributed by atoms with Gasteiger partial charge in [0.2, 0.25) is 0 Å². The summed E-state index contributed by atoms with van der Waals surface area (Å²) in [5.74, 6) is 1.24. The number of ether oxygens (including phenoxy) is 2. The highest BCUT2D eigenvalue weighted by Crippen LogP contribution is 2.67. The molecule has 4 aliphatic rings. The molecule has 160 valence electrons. The lowest BCUT2D eigenvalue weighted by Crippen LogP contribution is -3.06. The Morgan fingerprint density at radius 1 is 0.786 bits per heavy atom. The van der Waals surface area contributed by atoms with Gasteiger partial charge in [-0.3, -0.25) is 9.59 Å². The third-order valence-corrected chi connectivity index (χ3v) is 7.07. The average molecular weight is 397 g/mol. The first-order chi connectivity index (χ1) is 13.2. The second-order valence-electron chi connectivity index (χ2n) is 10.7. The molecule has 6 nitrogen and oxygen atoms in total. The number of rotatable bonds is 10. The summed E-state index contributed by atoms with van der Waals surface area (Å²) < 4.78 is 11.1. The maximum absolute atomic E-state index is 12.5. The normalized spacial score (nSPS) is 33.5. The minimum Gasteiger partial charge on any atom is -0.460 e. The molecule has 0 aliphatic heterocycles. The predicted molar refractivity (Wildman–Crippen MR) is 106 cm³/mol. The summed E-state index contributed by atoms with van der Waals surface area (Å²) in [7, 11) is 8.26. The zero-order chi connectivity index (χ0) is 20.4. The van der Waals surface area contributed by atoms with Gasteiger partial charge in [-0.05, 0) is 61.2 Å². The molecule has 0 atom stereocenters. The molecule has 0 unspecified atom stereocenters. The number of likely N-dealkylation sites (N-methyl/N-ethyl adjacent to an activating group) is 2. The largest absolute Gasteiger partial charge is 0.460 e. The lowest BCUT2D eigenvalue weighted by Gasteiger charge is -2.62. The van der Waals surface area contributed by atoms with E-state index in [1.54, 1.807) is 0 Å². The first-order valence-corrected chi connectivity index (χ1v) is 11.1. The number of carbonyl (C=O) groups is 2. The number of quaternary nitrogens is 2. The highest BCUT2D eigenvalue weighted by atomic mass is 16.5. The summed E-state index contributed by atoms with van der Waals surface area (Å²) >= 11 is 0. The topological polar surface area (TPSA) is 61.5 Å². The summed E-state index contributed by atoms with van der Waals surface area (Å²) in [6, 6.07) is 0. The number of esters is 2. The highest BCUT2D eigenvalue weighted by Gasteiger charge is 2.58. The molecule has 4 bridgehead atoms. The van der Waals surface area contributed by atoms with Crippen molar-refractivity contribution < 1.29 is 28.9 Å². The molecule has 2 N–H and O–H groups in total. The Kier molecular flexibility index (Phi) is 6.70. The van der Waals surface area contributed by atoms with Crippen LogP contribution in [0.5, 0.6) is 0 Å². The Bertz CT molecular complexity index is 515. The molecule has 0 saturated heterocycles. The molecule has 28 heavy (non-hydrogen) atoms. The van der Waals surface area contributed by atoms with E-state index >= 15 is 0 Å². The van der Waals surface area contributed by atoms with Crippen LogP contribution in [0, 0.1) is 22.7 Å². The van der Waals surface area contributed by atoms with Gasteiger partial charge in [0.25, 0.3) is 0 Å². The lowest BCUT2D eigenvalue weighted by molar-refractivity contribution is -0.858. The standard InChI is InChI=1S/C22H38N2O4/c1-23(2)5-7-27-19(25)14-21-10-17-9-18(11-21)13-22(12-17,16-21)15-20(26)28-8-6-24(3)4/h17-18H,5-16H2,1-4H3/p+2. The van der Waals surface area contributed by atoms with E-state index in [-0.39, 0.29) is 22.8 Å². The van der Waals surface area contributed by atoms with Crippen LogP contribution >= 0.6 is 0 Å². The summed E-state index contributed by atoms with van der Waals surface area (Å²) in [5.41, 5.74) is 0.112. The van der Waals surface area contributed by atoms with Crippen LogP contribution < -0.4 is 9.80 Å². The van der Waals surface area contributed by atoms with Crippen LogP contribution in [0.4, 0.5) is 0 Å². The molecule has 0 aromatic rings. The molecular weight excluding hydrogens is 356 g/mol. The van der Waals surface area contributed by atoms with Crippen LogP contribution in [0.3, 0.4) is 0 Å². The van der Waals surface area contributed by atoms with Gasteiger partial charge in [0.05, 0.1) is 41.0 Å². The monoisotopic (exact) mass is 396 g/mol. The second-order valence-corrected chi connectivity index (χ2v) is 10.7. The van der Waals surface area contributed by atoms with Gasteiger partial charge in [0, 0.05) is 0 Å². The van der Waals surface area contributed by atoms with E-state index in [9.17, 15) is 9.59 Å². The van der Waals surface area contributed by atoms with E-state index in [4.69, 9.17) is 9.47 Å². The van der Waals surface area contributed by atoms with Crippen LogP contribution in [0.25, 0.3) is 0 Å². The van der Waals surface area contributed by atoms with E-state index in [2.05, 4.69) is 28.2 Å². The van der Waals surface area contributed by atoms with Crippen molar-refractivity contribution >= 4 is 11.9 Å². The van der Waals surface area contributed by atoms with Gasteiger partial charge < -0.3 is 19.3 Å². The van der Waals surface area contributed by atoms with Gasteiger partial charge in [-0.15, -0.1) is 0 Å². The molecule has 4 aliphatic carbocycles. The molecule has 4 rings (SSSR count). The summed E-state index contributed by atoms with van der Waals surface area (Å²) in [6.07, 6.45) is 7.89. The smallest absolute Gasteiger partial charge is 0.306 e. The summed E-state index contributed by atoms with van der Waals surface area (Å²) in [5, 5.41) is 0. The first kappa shape index (κ1) is 21.6. The predicted octanol–water partition coefficient (Wildman–Crippen LogP) is -0.271. The summed E-state index contributed by atoms with van der Waals surface area (Å²) in [6.45, 7) is 2.67. The molecule has 0 aromatic carbocycles. The maximum atomic E-state index is 12.5. The molecule has 4 fully saturated rings. The number of hydrogen-bond donors (Lipinski definition) is 2. The minimum absolute atomic E-state index is 0.0464. The summed E-state index contributed by atoms with van der Waals surface area (Å²) in [4.78, 5) is 27.6. The van der Waals surface area contributed by atoms with E-state index in [1.165, 1.54) is 16.2 Å². The molecular formula is C22H40N2O4+2. The third-order valence-electron chi connectivity index (χ3n) is 7.07. The van der Waals surface area contributed by atoms with Crippen LogP contribution in [-0.2, 0) is 19.1 Å². The quantitative estimate of drug-likeness (QED) is 0.499. The highest BCUT2D eigenvalue weighted by molar-refractivity contribution is 5.71. The Morgan fingerprint density at radius 3 is 1.54 bits per heavy atom. The Morgan fingerprint density at radius 2 is 1.18 bits per heavy atom. The molecule has 0 heterocycles. The minimum atomic E-state index is -0.0464. The van der Waals surface area contributed by atoms with Crippen molar-refractivity contribution in [2.75, 3.05) is 54.5 Å². The van der Waals surface area contributed by atoms with Gasteiger partial charge in [0.1, 0.15) is 26.3 Å². The molecule has 6 heteroatoms. The van der Waals surface area contributed by atoms with Crippen molar-refractivity contribution in [3.63, 3.8) is 0 Å². The Labute approximate surface area is 169 Å². The van der Waals surface area contributed by atoms with Gasteiger partial charge in [-0.25, -0.2) is 0 Å². The molecule has 0 spiro atoms. The van der Waals surface area contributed by atoms with Gasteiger partial charge in [-0.2, -0.15) is 0 Å². The first-order valence-electron chi connectivity index (χ1n) is 11.1. The fourth-order valence-corrected chi connectivity index (χ4v) is 6.52. The number of nitrogens with one attached hydrogen (secondary N) is 2. The third kappa shape index (κ3) is 5.47. The van der Waals surface area contributed by atoms with Crippen molar-refractivity contribution in [1.29, 1.82) is 0 Å². The van der Waals surface area contributed by atoms with E-state index in [0.29, 0.717) is 37.9 Å². The average Bonchev–Trinajstić information content (AvgIpc) is 2.51. The maximum Gasteiger partial charge on any atom is 0.306 e. The number of hydrogen-bond acceptors (Lipinski definition) is 4. The van der Waals surface area contributed by atoms with Crippen molar-refractivity contribution in [2.45, 2.75) is 51.4 Å². The van der Waals surface area contributed by atoms with Crippen LogP contribution in [-0.4, -0.2) is 66.4 Å². The van der Waals surface area contributed by atoms with Gasteiger partial charge >= 0.3 is 11.9 Å². The van der Waals surface area contributed by atoms with E-state index < -0.39 is 0 Å². The molecule has 0 amide bonds. The zero-order valence-corrected chi connectivity index (χ0v) is 18.3. The van der Waals surface area contributed by atoms with Crippen LogP contribution in [0.15, 0.2) is 0 Å². The van der Waals surface area contributed by atoms with Crippen molar-refractivity contribution in [2.24, 2.45) is 22.7 Å². The van der Waals surface area contributed by atoms with Crippen LogP contribution in [0.1, 0.15) is 51.4 Å². The van der Waals surface area contributed by atoms with E-state index in [0.717, 1.165) is 45.2 Å². The fraction of sp³-hybridized carbons (Fsp3) is 0.909. The van der Waals surface area contributed by atoms with Crippen molar-refractivity contribution in [3.8, 4) is 0 Å². The van der Waals surface area contributed by atoms with Gasteiger partial charge in [0.15, 0.2) is 0 Å².